The molecule has 0 spiro atoms. The van der Waals surface area contributed by atoms with Gasteiger partial charge in [0.15, 0.2) is 12.6 Å². The molecular formula is C44H56N2O22S2. The van der Waals surface area contributed by atoms with Crippen LogP contribution >= 0.6 is 23.5 Å². The van der Waals surface area contributed by atoms with Crippen LogP contribution in [0.4, 0.5) is 11.4 Å². The van der Waals surface area contributed by atoms with Crippen LogP contribution in [0, 0.1) is 0 Å². The molecule has 20 atom stereocenters. The minimum atomic E-state index is -1.80. The van der Waals surface area contributed by atoms with Gasteiger partial charge in [-0.3, -0.25) is 9.59 Å². The lowest BCUT2D eigenvalue weighted by Crippen LogP contribution is -2.64. The second kappa shape index (κ2) is 24.0. The molecular weight excluding hydrogens is 973 g/mol. The SMILES string of the molecule is O=C(Nc1ccc(S[C@@H]2O[C@H](CO)[C@@H](O[C@H]3O[C@H](CO)[C@@H](O)[C@H](O)[C@H]3O)[C@H](O)[C@H]2O)cc1)c1ccc(C(=O)Nc2ccc(S[C@@H]3O[C@H](CO)[C@@H](O[C@H]4O[C@H](CO)[C@@H](O)[C@H](O)[C@H]4O)[C@H](O)[C@H]3O)cc2)cc1. The van der Waals surface area contributed by atoms with Crippen molar-refractivity contribution in [1.82, 2.24) is 0 Å². The zero-order valence-electron chi connectivity index (χ0n) is 36.6. The molecule has 24 nitrogen and oxygen atoms in total. The van der Waals surface area contributed by atoms with E-state index in [-0.39, 0.29) is 11.1 Å². The van der Waals surface area contributed by atoms with Gasteiger partial charge < -0.3 is 111 Å². The number of nitrogens with one attached hydrogen (secondary N) is 2. The molecule has 0 saturated carbocycles. The van der Waals surface area contributed by atoms with E-state index in [1.807, 2.05) is 0 Å². The van der Waals surface area contributed by atoms with Crippen molar-refractivity contribution in [2.75, 3.05) is 37.1 Å². The maximum Gasteiger partial charge on any atom is 0.255 e. The molecule has 3 aromatic rings. The monoisotopic (exact) mass is 1030 g/mol. The molecule has 0 aliphatic carbocycles. The highest BCUT2D eigenvalue weighted by molar-refractivity contribution is 8.00. The minimum absolute atomic E-state index is 0.229. The second-order valence-corrected chi connectivity index (χ2v) is 19.1. The molecule has 4 fully saturated rings. The number of benzene rings is 3. The number of carbonyl (C=O) groups excluding carboxylic acids is 2. The Labute approximate surface area is 406 Å². The number of ether oxygens (including phenoxy) is 6. The predicted molar refractivity (Wildman–Crippen MR) is 240 cm³/mol. The fourth-order valence-electron chi connectivity index (χ4n) is 7.99. The van der Waals surface area contributed by atoms with Gasteiger partial charge in [-0.1, -0.05) is 23.5 Å². The summed E-state index contributed by atoms with van der Waals surface area (Å²) in [6, 6.07) is 18.6. The van der Waals surface area contributed by atoms with E-state index >= 15 is 0 Å². The number of carbonyl (C=O) groups is 2. The topological polar surface area (TPSA) is 397 Å². The molecule has 16 N–H and O–H groups in total. The molecule has 3 aromatic carbocycles. The molecule has 70 heavy (non-hydrogen) atoms. The Hall–Kier alpha value is -3.50. The number of anilines is 2. The van der Waals surface area contributed by atoms with Crippen molar-refractivity contribution < 1.29 is 110 Å². The molecule has 4 heterocycles. The Kier molecular flexibility index (Phi) is 18.6. The van der Waals surface area contributed by atoms with Crippen LogP contribution in [0.25, 0.3) is 0 Å². The van der Waals surface area contributed by atoms with E-state index < -0.39 is 159 Å². The third-order valence-corrected chi connectivity index (χ3v) is 14.4. The zero-order chi connectivity index (χ0) is 50.6. The van der Waals surface area contributed by atoms with Crippen molar-refractivity contribution in [3.8, 4) is 0 Å². The van der Waals surface area contributed by atoms with Crippen LogP contribution in [-0.4, -0.2) is 231 Å². The Morgan fingerprint density at radius 2 is 0.743 bits per heavy atom. The first-order chi connectivity index (χ1) is 33.5. The first kappa shape index (κ1) is 54.3. The summed E-state index contributed by atoms with van der Waals surface area (Å²) < 4.78 is 33.5. The van der Waals surface area contributed by atoms with Crippen molar-refractivity contribution >= 4 is 46.7 Å². The number of thioether (sulfide) groups is 2. The van der Waals surface area contributed by atoms with Gasteiger partial charge in [0, 0.05) is 32.3 Å². The lowest BCUT2D eigenvalue weighted by molar-refractivity contribution is -0.338. The summed E-state index contributed by atoms with van der Waals surface area (Å²) in [5, 5.41) is 149. The van der Waals surface area contributed by atoms with Crippen LogP contribution in [-0.2, 0) is 28.4 Å². The van der Waals surface area contributed by atoms with E-state index in [1.165, 1.54) is 24.3 Å². The number of hydrogen-bond acceptors (Lipinski definition) is 24. The number of amides is 2. The zero-order valence-corrected chi connectivity index (χ0v) is 38.3. The first-order valence-electron chi connectivity index (χ1n) is 21.9. The summed E-state index contributed by atoms with van der Waals surface area (Å²) in [5.74, 6) is -0.986. The summed E-state index contributed by atoms with van der Waals surface area (Å²) in [5.41, 5.74) is -1.01. The van der Waals surface area contributed by atoms with Crippen molar-refractivity contribution in [1.29, 1.82) is 0 Å². The molecule has 0 radical (unpaired) electrons. The quantitative estimate of drug-likeness (QED) is 0.0644. The normalized spacial score (nSPS) is 37.9. The lowest BCUT2D eigenvalue weighted by Gasteiger charge is -2.46. The molecule has 0 aromatic heterocycles. The number of aliphatic hydroxyl groups is 14. The number of rotatable bonds is 16. The van der Waals surface area contributed by atoms with Crippen LogP contribution in [0.1, 0.15) is 20.7 Å². The van der Waals surface area contributed by atoms with Crippen LogP contribution in [0.3, 0.4) is 0 Å². The molecule has 0 unspecified atom stereocenters. The maximum atomic E-state index is 13.1. The van der Waals surface area contributed by atoms with Gasteiger partial charge >= 0.3 is 0 Å². The van der Waals surface area contributed by atoms with Crippen molar-refractivity contribution in [2.45, 2.75) is 131 Å². The molecule has 4 saturated heterocycles. The fourth-order valence-corrected chi connectivity index (χ4v) is 10.1. The highest BCUT2D eigenvalue weighted by Crippen LogP contribution is 2.38. The minimum Gasteiger partial charge on any atom is -0.394 e. The summed E-state index contributed by atoms with van der Waals surface area (Å²) >= 11 is 1.99. The van der Waals surface area contributed by atoms with Gasteiger partial charge in [-0.15, -0.1) is 0 Å². The Balaban J connectivity index is 0.871. The van der Waals surface area contributed by atoms with E-state index in [4.69, 9.17) is 28.4 Å². The molecule has 2 amide bonds. The van der Waals surface area contributed by atoms with Crippen LogP contribution in [0.15, 0.2) is 82.6 Å². The summed E-state index contributed by atoms with van der Waals surface area (Å²) in [6.45, 7) is -2.83. The van der Waals surface area contributed by atoms with Crippen molar-refractivity contribution in [3.63, 3.8) is 0 Å². The fraction of sp³-hybridized carbons (Fsp3) is 0.545. The van der Waals surface area contributed by atoms with E-state index in [0.29, 0.717) is 21.2 Å². The lowest BCUT2D eigenvalue weighted by atomic mass is 9.97. The summed E-state index contributed by atoms with van der Waals surface area (Å²) in [6.07, 6.45) is -28.3. The van der Waals surface area contributed by atoms with Gasteiger partial charge in [-0.25, -0.2) is 0 Å². The van der Waals surface area contributed by atoms with Crippen molar-refractivity contribution in [2.24, 2.45) is 0 Å². The molecule has 4 aliphatic heterocycles. The van der Waals surface area contributed by atoms with Crippen LogP contribution < -0.4 is 10.6 Å². The van der Waals surface area contributed by atoms with Crippen LogP contribution in [0.2, 0.25) is 0 Å². The Morgan fingerprint density at radius 1 is 0.414 bits per heavy atom. The van der Waals surface area contributed by atoms with E-state index in [2.05, 4.69) is 10.6 Å². The number of hydrogen-bond donors (Lipinski definition) is 16. The molecule has 0 bridgehead atoms. The van der Waals surface area contributed by atoms with E-state index in [1.54, 1.807) is 48.5 Å². The molecule has 7 rings (SSSR count). The Morgan fingerprint density at radius 3 is 1.06 bits per heavy atom. The largest absolute Gasteiger partial charge is 0.394 e. The third kappa shape index (κ3) is 12.1. The number of aliphatic hydroxyl groups excluding tert-OH is 14. The van der Waals surface area contributed by atoms with Crippen LogP contribution in [0.5, 0.6) is 0 Å². The standard InChI is InChI=1S/C44H56N2O22S2/c47-13-23-27(51)29(53)33(57)41(63-23)67-37-25(15-49)65-43(35(59)31(37)55)69-21-9-5-19(6-10-21)45-39(61)17-1-2-18(4-3-17)40(62)46-20-7-11-22(12-8-20)70-44-36(60)32(56)38(26(16-50)66-44)68-42-34(58)30(54)28(52)24(14-48)64-42/h1-12,23-38,41-44,47-60H,13-16H2,(H,45,61)(H,46,62)/t23-,24-,25-,26-,27-,28-,29+,30+,31-,32-,33-,34-,35-,36-,37-,38-,41-,42-,43+,44+/m1/s1. The van der Waals surface area contributed by atoms with Gasteiger partial charge in [0.25, 0.3) is 11.8 Å². The predicted octanol–water partition coefficient (Wildman–Crippen LogP) is -4.38. The first-order valence-corrected chi connectivity index (χ1v) is 23.7. The second-order valence-electron chi connectivity index (χ2n) is 16.8. The summed E-state index contributed by atoms with van der Waals surface area (Å²) in [7, 11) is 0. The van der Waals surface area contributed by atoms with Gasteiger partial charge in [0.1, 0.15) is 109 Å². The average molecular weight is 1030 g/mol. The molecule has 4 aliphatic rings. The van der Waals surface area contributed by atoms with Gasteiger partial charge in [-0.05, 0) is 72.8 Å². The highest BCUT2D eigenvalue weighted by Gasteiger charge is 2.52. The average Bonchev–Trinajstić information content (AvgIpc) is 3.37. The van der Waals surface area contributed by atoms with E-state index in [0.717, 1.165) is 23.5 Å². The molecule has 386 valence electrons. The summed E-state index contributed by atoms with van der Waals surface area (Å²) in [4.78, 5) is 27.3. The van der Waals surface area contributed by atoms with Gasteiger partial charge in [0.2, 0.25) is 0 Å². The third-order valence-electron chi connectivity index (χ3n) is 12.1. The highest BCUT2D eigenvalue weighted by atomic mass is 32.2. The maximum absolute atomic E-state index is 13.1. The smallest absolute Gasteiger partial charge is 0.255 e. The van der Waals surface area contributed by atoms with Gasteiger partial charge in [0.05, 0.1) is 26.4 Å². The van der Waals surface area contributed by atoms with E-state index in [9.17, 15) is 81.1 Å². The van der Waals surface area contributed by atoms with Gasteiger partial charge in [-0.2, -0.15) is 0 Å². The Bertz CT molecular complexity index is 2010. The van der Waals surface area contributed by atoms with Crippen molar-refractivity contribution in [3.05, 3.63) is 83.9 Å². The molecule has 26 heteroatoms.